The molecule has 0 aliphatic carbocycles. The van der Waals surface area contributed by atoms with E-state index in [-0.39, 0.29) is 17.2 Å². The third kappa shape index (κ3) is 3.67. The number of rotatable bonds is 5. The summed E-state index contributed by atoms with van der Waals surface area (Å²) in [5.74, 6) is -0.288. The maximum absolute atomic E-state index is 11.8. The molecule has 0 saturated heterocycles. The molecule has 0 radical (unpaired) electrons. The molecule has 2 N–H and O–H groups in total. The Kier molecular flexibility index (Phi) is 4.39. The summed E-state index contributed by atoms with van der Waals surface area (Å²) >= 11 is 0. The highest BCUT2D eigenvalue weighted by molar-refractivity contribution is 7.89. The van der Waals surface area contributed by atoms with Crippen LogP contribution < -0.4 is 10.0 Å². The van der Waals surface area contributed by atoms with Gasteiger partial charge in [-0.3, -0.25) is 4.79 Å². The van der Waals surface area contributed by atoms with Crippen LogP contribution in [0.5, 0.6) is 0 Å². The van der Waals surface area contributed by atoms with Crippen molar-refractivity contribution in [1.29, 1.82) is 0 Å². The Bertz CT molecular complexity index is 752. The number of sulfonamides is 1. The van der Waals surface area contributed by atoms with Crippen LogP contribution in [0.2, 0.25) is 0 Å². The highest BCUT2D eigenvalue weighted by Crippen LogP contribution is 2.11. The van der Waals surface area contributed by atoms with E-state index in [0.717, 1.165) is 0 Å². The Hall–Kier alpha value is -2.19. The van der Waals surface area contributed by atoms with Gasteiger partial charge < -0.3 is 9.84 Å². The Morgan fingerprint density at radius 3 is 2.71 bits per heavy atom. The summed E-state index contributed by atoms with van der Waals surface area (Å²) in [7, 11) is -2.16. The van der Waals surface area contributed by atoms with E-state index in [4.69, 9.17) is 4.52 Å². The second kappa shape index (κ2) is 6.06. The van der Waals surface area contributed by atoms with Crippen molar-refractivity contribution in [3.8, 4) is 0 Å². The molecule has 112 valence electrons. The zero-order valence-corrected chi connectivity index (χ0v) is 12.4. The number of aryl methyl sites for hydroxylation is 1. The molecule has 0 bridgehead atoms. The molecule has 7 nitrogen and oxygen atoms in total. The van der Waals surface area contributed by atoms with E-state index < -0.39 is 15.9 Å². The molecule has 1 aromatic carbocycles. The molecular formula is C13H15N3O4S. The molecule has 0 aliphatic heterocycles. The van der Waals surface area contributed by atoms with Crippen molar-refractivity contribution in [1.82, 2.24) is 15.2 Å². The summed E-state index contributed by atoms with van der Waals surface area (Å²) in [6.07, 6.45) is 0. The minimum absolute atomic E-state index is 0.117. The fraction of sp³-hybridized carbons (Fsp3) is 0.231. The molecule has 8 heteroatoms. The van der Waals surface area contributed by atoms with Crippen LogP contribution in [0.25, 0.3) is 0 Å². The van der Waals surface area contributed by atoms with Gasteiger partial charge in [0.2, 0.25) is 15.8 Å². The minimum Gasteiger partial charge on any atom is -0.351 e. The van der Waals surface area contributed by atoms with Gasteiger partial charge in [0.1, 0.15) is 0 Å². The zero-order valence-electron chi connectivity index (χ0n) is 11.6. The van der Waals surface area contributed by atoms with E-state index in [1.54, 1.807) is 19.1 Å². The van der Waals surface area contributed by atoms with Crippen LogP contribution in [-0.4, -0.2) is 26.5 Å². The largest absolute Gasteiger partial charge is 0.351 e. The second-order valence-electron chi connectivity index (χ2n) is 4.37. The van der Waals surface area contributed by atoms with Gasteiger partial charge in [-0.2, -0.15) is 0 Å². The summed E-state index contributed by atoms with van der Waals surface area (Å²) < 4.78 is 30.5. The predicted octanol–water partition coefficient (Wildman–Crippen LogP) is 0.821. The van der Waals surface area contributed by atoms with E-state index >= 15 is 0 Å². The molecule has 1 amide bonds. The van der Waals surface area contributed by atoms with Crippen LogP contribution >= 0.6 is 0 Å². The Morgan fingerprint density at radius 1 is 1.33 bits per heavy atom. The topological polar surface area (TPSA) is 101 Å². The molecule has 0 atom stereocenters. The molecule has 0 fully saturated rings. The van der Waals surface area contributed by atoms with Crippen molar-refractivity contribution in [3.05, 3.63) is 47.3 Å². The number of amides is 1. The first-order valence-corrected chi connectivity index (χ1v) is 7.64. The highest BCUT2D eigenvalue weighted by atomic mass is 32.2. The van der Waals surface area contributed by atoms with Crippen LogP contribution in [0.4, 0.5) is 0 Å². The van der Waals surface area contributed by atoms with E-state index in [2.05, 4.69) is 15.2 Å². The monoisotopic (exact) mass is 309 g/mol. The van der Waals surface area contributed by atoms with Crippen molar-refractivity contribution in [3.63, 3.8) is 0 Å². The summed E-state index contributed by atoms with van der Waals surface area (Å²) in [5.41, 5.74) is 1.28. The number of nitrogens with one attached hydrogen (secondary N) is 2. The molecule has 1 aromatic heterocycles. The number of nitrogens with zero attached hydrogens (tertiary/aromatic N) is 1. The lowest BCUT2D eigenvalue weighted by Gasteiger charge is -2.06. The first-order valence-electron chi connectivity index (χ1n) is 6.16. The normalized spacial score (nSPS) is 11.3. The third-order valence-corrected chi connectivity index (χ3v) is 4.19. The Labute approximate surface area is 122 Å². The van der Waals surface area contributed by atoms with Gasteiger partial charge in [0.05, 0.1) is 10.6 Å². The van der Waals surface area contributed by atoms with Gasteiger partial charge in [-0.1, -0.05) is 17.3 Å². The minimum atomic E-state index is -3.50. The van der Waals surface area contributed by atoms with Gasteiger partial charge >= 0.3 is 0 Å². The summed E-state index contributed by atoms with van der Waals surface area (Å²) in [5, 5.41) is 6.26. The Balaban J connectivity index is 2.07. The number of hydrogen-bond donors (Lipinski definition) is 2. The highest BCUT2D eigenvalue weighted by Gasteiger charge is 2.13. The standard InChI is InChI=1S/C13H15N3O4S/c1-9-6-12(20-16-9)13(17)15-8-10-4-3-5-11(7-10)21(18,19)14-2/h3-7,14H,8H2,1-2H3,(H,15,17). The second-order valence-corrected chi connectivity index (χ2v) is 6.26. The van der Waals surface area contributed by atoms with Crippen LogP contribution in [0.1, 0.15) is 21.8 Å². The van der Waals surface area contributed by atoms with E-state index in [1.807, 2.05) is 0 Å². The lowest BCUT2D eigenvalue weighted by molar-refractivity contribution is 0.0914. The van der Waals surface area contributed by atoms with Crippen LogP contribution in [-0.2, 0) is 16.6 Å². The molecular weight excluding hydrogens is 294 g/mol. The zero-order chi connectivity index (χ0) is 15.5. The van der Waals surface area contributed by atoms with E-state index in [0.29, 0.717) is 11.3 Å². The molecule has 21 heavy (non-hydrogen) atoms. The first kappa shape index (κ1) is 15.2. The third-order valence-electron chi connectivity index (χ3n) is 2.78. The van der Waals surface area contributed by atoms with Gasteiger partial charge in [-0.15, -0.1) is 0 Å². The molecule has 2 aromatic rings. The van der Waals surface area contributed by atoms with Gasteiger partial charge in [-0.25, -0.2) is 13.1 Å². The van der Waals surface area contributed by atoms with Crippen molar-refractivity contribution < 1.29 is 17.7 Å². The quantitative estimate of drug-likeness (QED) is 0.851. The SMILES string of the molecule is CNS(=O)(=O)c1cccc(CNC(=O)c2cc(C)no2)c1. The molecule has 0 unspecified atom stereocenters. The average molecular weight is 309 g/mol. The van der Waals surface area contributed by atoms with Crippen molar-refractivity contribution in [2.45, 2.75) is 18.4 Å². The molecule has 0 spiro atoms. The summed E-state index contributed by atoms with van der Waals surface area (Å²) in [4.78, 5) is 11.9. The maximum atomic E-state index is 11.8. The fourth-order valence-corrected chi connectivity index (χ4v) is 2.48. The van der Waals surface area contributed by atoms with Crippen molar-refractivity contribution in [2.24, 2.45) is 0 Å². The maximum Gasteiger partial charge on any atom is 0.290 e. The fourth-order valence-electron chi connectivity index (χ4n) is 1.68. The molecule has 2 rings (SSSR count). The van der Waals surface area contributed by atoms with Crippen LogP contribution in [0, 0.1) is 6.92 Å². The summed E-state index contributed by atoms with van der Waals surface area (Å²) in [6, 6.07) is 7.84. The lowest BCUT2D eigenvalue weighted by Crippen LogP contribution is -2.23. The smallest absolute Gasteiger partial charge is 0.290 e. The number of aromatic nitrogens is 1. The van der Waals surface area contributed by atoms with E-state index in [9.17, 15) is 13.2 Å². The van der Waals surface area contributed by atoms with Gasteiger partial charge in [-0.05, 0) is 31.7 Å². The van der Waals surface area contributed by atoms with Crippen LogP contribution in [0.15, 0.2) is 39.8 Å². The molecule has 0 aliphatic rings. The van der Waals surface area contributed by atoms with Crippen molar-refractivity contribution >= 4 is 15.9 Å². The average Bonchev–Trinajstić information content (AvgIpc) is 2.92. The number of hydrogen-bond acceptors (Lipinski definition) is 5. The summed E-state index contributed by atoms with van der Waals surface area (Å²) in [6.45, 7) is 1.90. The van der Waals surface area contributed by atoms with E-state index in [1.165, 1.54) is 25.2 Å². The number of benzene rings is 1. The predicted molar refractivity (Wildman–Crippen MR) is 75.1 cm³/mol. The van der Waals surface area contributed by atoms with Gasteiger partial charge in [0.15, 0.2) is 0 Å². The number of carbonyl (C=O) groups is 1. The number of carbonyl (C=O) groups excluding carboxylic acids is 1. The lowest BCUT2D eigenvalue weighted by atomic mass is 10.2. The Morgan fingerprint density at radius 2 is 2.10 bits per heavy atom. The molecule has 0 saturated carbocycles. The first-order chi connectivity index (χ1) is 9.92. The van der Waals surface area contributed by atoms with Gasteiger partial charge in [0, 0.05) is 12.6 Å². The van der Waals surface area contributed by atoms with Crippen molar-refractivity contribution in [2.75, 3.05) is 7.05 Å². The van der Waals surface area contributed by atoms with Crippen LogP contribution in [0.3, 0.4) is 0 Å². The molecule has 1 heterocycles. The van der Waals surface area contributed by atoms with Gasteiger partial charge in [0.25, 0.3) is 5.91 Å².